The van der Waals surface area contributed by atoms with E-state index in [-0.39, 0.29) is 0 Å². The summed E-state index contributed by atoms with van der Waals surface area (Å²) in [5, 5.41) is 3.49. The van der Waals surface area contributed by atoms with E-state index in [2.05, 4.69) is 37.9 Å². The lowest BCUT2D eigenvalue weighted by molar-refractivity contribution is 0.238. The van der Waals surface area contributed by atoms with Crippen LogP contribution in [-0.2, 0) is 0 Å². The van der Waals surface area contributed by atoms with Crippen LogP contribution in [0.1, 0.15) is 53.4 Å². The molecule has 0 bridgehead atoms. The summed E-state index contributed by atoms with van der Waals surface area (Å²) in [6, 6.07) is 0.629. The quantitative estimate of drug-likeness (QED) is 0.672. The molecule has 0 aromatic carbocycles. The molecule has 0 aliphatic carbocycles. The lowest BCUT2D eigenvalue weighted by Gasteiger charge is -2.26. The molecule has 1 rings (SSSR count). The maximum absolute atomic E-state index is 3.49. The van der Waals surface area contributed by atoms with Crippen LogP contribution in [0.4, 0.5) is 0 Å². The summed E-state index contributed by atoms with van der Waals surface area (Å²) in [7, 11) is 0. The van der Waals surface area contributed by atoms with E-state index in [0.717, 1.165) is 0 Å². The molecule has 96 valence electrons. The Morgan fingerprint density at radius 2 is 1.94 bits per heavy atom. The molecule has 1 fully saturated rings. The number of nitrogens with zero attached hydrogens (tertiary/aromatic N) is 1. The van der Waals surface area contributed by atoms with E-state index in [0.29, 0.717) is 11.5 Å². The highest BCUT2D eigenvalue weighted by atomic mass is 15.2. The minimum Gasteiger partial charge on any atom is -0.314 e. The van der Waals surface area contributed by atoms with Crippen molar-refractivity contribution >= 4 is 0 Å². The monoisotopic (exact) mass is 226 g/mol. The Labute approximate surface area is 102 Å². The summed E-state index contributed by atoms with van der Waals surface area (Å²) in [5.74, 6) is 0. The van der Waals surface area contributed by atoms with Crippen LogP contribution in [0.3, 0.4) is 0 Å². The van der Waals surface area contributed by atoms with Gasteiger partial charge in [-0.2, -0.15) is 0 Å². The zero-order valence-corrected chi connectivity index (χ0v) is 11.7. The third-order valence-corrected chi connectivity index (χ3v) is 4.22. The molecule has 1 aliphatic heterocycles. The van der Waals surface area contributed by atoms with Gasteiger partial charge in [0, 0.05) is 12.6 Å². The van der Waals surface area contributed by atoms with Crippen molar-refractivity contribution in [1.29, 1.82) is 0 Å². The van der Waals surface area contributed by atoms with Crippen molar-refractivity contribution in [2.45, 2.75) is 59.4 Å². The Morgan fingerprint density at radius 1 is 1.25 bits per heavy atom. The second kappa shape index (κ2) is 6.61. The van der Waals surface area contributed by atoms with Crippen molar-refractivity contribution in [2.75, 3.05) is 26.2 Å². The zero-order valence-electron chi connectivity index (χ0n) is 11.7. The van der Waals surface area contributed by atoms with Gasteiger partial charge in [0.25, 0.3) is 0 Å². The Hall–Kier alpha value is -0.0800. The Balaban J connectivity index is 2.16. The maximum atomic E-state index is 3.49. The largest absolute Gasteiger partial charge is 0.314 e. The number of hydrogen-bond acceptors (Lipinski definition) is 2. The fourth-order valence-electron chi connectivity index (χ4n) is 2.74. The van der Waals surface area contributed by atoms with Crippen LogP contribution in [0.2, 0.25) is 0 Å². The molecular formula is C14H30N2. The van der Waals surface area contributed by atoms with Crippen molar-refractivity contribution < 1.29 is 0 Å². The van der Waals surface area contributed by atoms with Gasteiger partial charge in [0.2, 0.25) is 0 Å². The van der Waals surface area contributed by atoms with Crippen molar-refractivity contribution in [1.82, 2.24) is 10.2 Å². The molecule has 0 atom stereocenters. The van der Waals surface area contributed by atoms with E-state index < -0.39 is 0 Å². The van der Waals surface area contributed by atoms with E-state index in [9.17, 15) is 0 Å². The van der Waals surface area contributed by atoms with Gasteiger partial charge < -0.3 is 10.2 Å². The Kier molecular flexibility index (Phi) is 5.77. The lowest BCUT2D eigenvalue weighted by atomic mass is 9.82. The van der Waals surface area contributed by atoms with Crippen molar-refractivity contribution in [3.8, 4) is 0 Å². The van der Waals surface area contributed by atoms with Gasteiger partial charge in [0.15, 0.2) is 0 Å². The lowest BCUT2D eigenvalue weighted by Crippen LogP contribution is -2.30. The summed E-state index contributed by atoms with van der Waals surface area (Å²) < 4.78 is 0. The molecular weight excluding hydrogens is 196 g/mol. The first kappa shape index (κ1) is 14.0. The van der Waals surface area contributed by atoms with Gasteiger partial charge in [-0.05, 0) is 50.7 Å². The van der Waals surface area contributed by atoms with Crippen LogP contribution in [0.15, 0.2) is 0 Å². The molecule has 0 amide bonds. The molecule has 1 heterocycles. The average molecular weight is 226 g/mol. The summed E-state index contributed by atoms with van der Waals surface area (Å²) in [5.41, 5.74) is 0.644. The summed E-state index contributed by atoms with van der Waals surface area (Å²) >= 11 is 0. The molecule has 16 heavy (non-hydrogen) atoms. The van der Waals surface area contributed by atoms with E-state index in [1.165, 1.54) is 51.9 Å². The minimum atomic E-state index is 0.629. The van der Waals surface area contributed by atoms with Crippen LogP contribution < -0.4 is 5.32 Å². The number of rotatable bonds is 7. The van der Waals surface area contributed by atoms with Gasteiger partial charge in [-0.25, -0.2) is 0 Å². The highest BCUT2D eigenvalue weighted by Crippen LogP contribution is 2.36. The molecule has 2 nitrogen and oxygen atoms in total. The SMILES string of the molecule is CCC1(CC)CCN(CCCNC(C)C)C1. The standard InChI is InChI=1S/C14H30N2/c1-5-14(6-2)8-11-16(12-14)10-7-9-15-13(3)4/h13,15H,5-12H2,1-4H3. The number of likely N-dealkylation sites (tertiary alicyclic amines) is 1. The van der Waals surface area contributed by atoms with E-state index in [1.807, 2.05) is 0 Å². The first-order valence-electron chi connectivity index (χ1n) is 7.07. The van der Waals surface area contributed by atoms with E-state index in [1.54, 1.807) is 0 Å². The first-order chi connectivity index (χ1) is 7.62. The summed E-state index contributed by atoms with van der Waals surface area (Å²) in [6.45, 7) is 14.2. The van der Waals surface area contributed by atoms with Crippen LogP contribution in [-0.4, -0.2) is 37.1 Å². The molecule has 0 saturated carbocycles. The predicted octanol–water partition coefficient (Wildman–Crippen LogP) is 2.89. The number of hydrogen-bond donors (Lipinski definition) is 1. The average Bonchev–Trinajstić information content (AvgIpc) is 2.69. The highest BCUT2D eigenvalue weighted by Gasteiger charge is 2.34. The zero-order chi connectivity index (χ0) is 12.0. The van der Waals surface area contributed by atoms with Crippen molar-refractivity contribution in [3.05, 3.63) is 0 Å². The van der Waals surface area contributed by atoms with Gasteiger partial charge in [-0.1, -0.05) is 27.7 Å². The second-order valence-electron chi connectivity index (χ2n) is 5.70. The second-order valence-corrected chi connectivity index (χ2v) is 5.70. The molecule has 1 saturated heterocycles. The van der Waals surface area contributed by atoms with Crippen molar-refractivity contribution in [2.24, 2.45) is 5.41 Å². The highest BCUT2D eigenvalue weighted by molar-refractivity contribution is 4.87. The molecule has 1 aliphatic rings. The predicted molar refractivity (Wildman–Crippen MR) is 71.8 cm³/mol. The Morgan fingerprint density at radius 3 is 2.44 bits per heavy atom. The van der Waals surface area contributed by atoms with Crippen LogP contribution >= 0.6 is 0 Å². The number of nitrogens with one attached hydrogen (secondary N) is 1. The van der Waals surface area contributed by atoms with Gasteiger partial charge >= 0.3 is 0 Å². The van der Waals surface area contributed by atoms with E-state index >= 15 is 0 Å². The third-order valence-electron chi connectivity index (χ3n) is 4.22. The molecule has 0 spiro atoms. The Bertz CT molecular complexity index is 185. The first-order valence-corrected chi connectivity index (χ1v) is 7.07. The minimum absolute atomic E-state index is 0.629. The van der Waals surface area contributed by atoms with Gasteiger partial charge in [-0.15, -0.1) is 0 Å². The van der Waals surface area contributed by atoms with Gasteiger partial charge in [0.1, 0.15) is 0 Å². The third kappa shape index (κ3) is 4.06. The summed E-state index contributed by atoms with van der Waals surface area (Å²) in [6.07, 6.45) is 5.41. The van der Waals surface area contributed by atoms with Crippen LogP contribution in [0.25, 0.3) is 0 Å². The maximum Gasteiger partial charge on any atom is 0.00383 e. The summed E-state index contributed by atoms with van der Waals surface area (Å²) in [4.78, 5) is 2.66. The van der Waals surface area contributed by atoms with Crippen molar-refractivity contribution in [3.63, 3.8) is 0 Å². The molecule has 0 unspecified atom stereocenters. The fraction of sp³-hybridized carbons (Fsp3) is 1.00. The molecule has 0 aromatic heterocycles. The molecule has 0 radical (unpaired) electrons. The smallest absolute Gasteiger partial charge is 0.00383 e. The molecule has 1 N–H and O–H groups in total. The molecule has 0 aromatic rings. The van der Waals surface area contributed by atoms with Crippen LogP contribution in [0, 0.1) is 5.41 Å². The fourth-order valence-corrected chi connectivity index (χ4v) is 2.74. The van der Waals surface area contributed by atoms with E-state index in [4.69, 9.17) is 0 Å². The normalized spacial score (nSPS) is 20.8. The molecule has 2 heteroatoms. The van der Waals surface area contributed by atoms with Crippen LogP contribution in [0.5, 0.6) is 0 Å². The van der Waals surface area contributed by atoms with Gasteiger partial charge in [0.05, 0.1) is 0 Å². The van der Waals surface area contributed by atoms with Gasteiger partial charge in [-0.3, -0.25) is 0 Å². The topological polar surface area (TPSA) is 15.3 Å².